The molecule has 2 heterocycles. The lowest BCUT2D eigenvalue weighted by atomic mass is 10.1. The van der Waals surface area contributed by atoms with Crippen LogP contribution in [0.4, 0.5) is 0 Å². The Morgan fingerprint density at radius 2 is 2.00 bits per heavy atom. The van der Waals surface area contributed by atoms with Gasteiger partial charge in [0.25, 0.3) is 11.5 Å². The second-order valence-electron chi connectivity index (χ2n) is 7.24. The van der Waals surface area contributed by atoms with Gasteiger partial charge in [-0.1, -0.05) is 23.7 Å². The van der Waals surface area contributed by atoms with Gasteiger partial charge in [0, 0.05) is 18.0 Å². The van der Waals surface area contributed by atoms with Crippen molar-refractivity contribution in [3.05, 3.63) is 74.8 Å². The van der Waals surface area contributed by atoms with Crippen LogP contribution in [0.5, 0.6) is 0 Å². The number of nitrogens with one attached hydrogen (secondary N) is 1. The Morgan fingerprint density at radius 1 is 1.23 bits per heavy atom. The highest BCUT2D eigenvalue weighted by Crippen LogP contribution is 2.17. The lowest BCUT2D eigenvalue weighted by molar-refractivity contribution is -0.124. The van der Waals surface area contributed by atoms with Crippen molar-refractivity contribution in [2.45, 2.75) is 32.4 Å². The molecule has 1 aliphatic heterocycles. The number of hydrogen-bond donors (Lipinski definition) is 1. The van der Waals surface area contributed by atoms with Crippen molar-refractivity contribution < 1.29 is 14.3 Å². The summed E-state index contributed by atoms with van der Waals surface area (Å²) in [4.78, 5) is 41.5. The largest absolute Gasteiger partial charge is 0.452 e. The van der Waals surface area contributed by atoms with Crippen LogP contribution in [0.15, 0.2) is 47.3 Å². The topological polar surface area (TPSA) is 90.3 Å². The summed E-state index contributed by atoms with van der Waals surface area (Å²) in [6.45, 7) is 2.09. The van der Waals surface area contributed by atoms with Crippen molar-refractivity contribution >= 4 is 34.4 Å². The number of halogens is 1. The highest BCUT2D eigenvalue weighted by Gasteiger charge is 2.18. The predicted octanol–water partition coefficient (Wildman–Crippen LogP) is 3.03. The second kappa shape index (κ2) is 8.28. The molecule has 30 heavy (non-hydrogen) atoms. The number of fused-ring (bicyclic) bond motifs is 2. The number of carbonyl (C=O) groups is 2. The predicted molar refractivity (Wildman–Crippen MR) is 113 cm³/mol. The van der Waals surface area contributed by atoms with Crippen molar-refractivity contribution in [1.29, 1.82) is 0 Å². The van der Waals surface area contributed by atoms with Crippen LogP contribution in [0.2, 0.25) is 5.02 Å². The van der Waals surface area contributed by atoms with Gasteiger partial charge in [-0.2, -0.15) is 0 Å². The molecule has 0 unspecified atom stereocenters. The first-order valence-electron chi connectivity index (χ1n) is 9.68. The third-order valence-electron chi connectivity index (χ3n) is 5.13. The first kappa shape index (κ1) is 20.1. The quantitative estimate of drug-likeness (QED) is 0.634. The van der Waals surface area contributed by atoms with Gasteiger partial charge < -0.3 is 10.1 Å². The Kier molecular flexibility index (Phi) is 5.55. The fraction of sp³-hybridized carbons (Fsp3) is 0.273. The van der Waals surface area contributed by atoms with Gasteiger partial charge in [-0.05, 0) is 49.2 Å². The standard InChI is InChI=1S/C22H20ClN3O4/c1-13(14-4-7-16(23)8-5-14)24-20(27)12-30-22(29)15-6-9-17-18(11-15)25-19-3-2-10-26(19)21(17)28/h4-9,11,13H,2-3,10,12H2,1H3,(H,24,27)/t13-/m1/s1. The summed E-state index contributed by atoms with van der Waals surface area (Å²) >= 11 is 5.87. The molecular weight excluding hydrogens is 406 g/mol. The van der Waals surface area contributed by atoms with E-state index in [0.29, 0.717) is 22.5 Å². The van der Waals surface area contributed by atoms with Gasteiger partial charge in [0.1, 0.15) is 5.82 Å². The van der Waals surface area contributed by atoms with Gasteiger partial charge in [-0.25, -0.2) is 9.78 Å². The Labute approximate surface area is 177 Å². The number of amides is 1. The maximum atomic E-state index is 12.5. The smallest absolute Gasteiger partial charge is 0.338 e. The Balaban J connectivity index is 1.40. The van der Waals surface area contributed by atoms with Gasteiger partial charge in [0.05, 0.1) is 22.5 Å². The van der Waals surface area contributed by atoms with E-state index in [0.717, 1.165) is 24.2 Å². The molecule has 0 radical (unpaired) electrons. The van der Waals surface area contributed by atoms with Crippen LogP contribution in [-0.2, 0) is 22.5 Å². The molecule has 0 saturated heterocycles. The van der Waals surface area contributed by atoms with E-state index in [2.05, 4.69) is 10.3 Å². The van der Waals surface area contributed by atoms with Crippen LogP contribution in [0.3, 0.4) is 0 Å². The van der Waals surface area contributed by atoms with Crippen LogP contribution in [0, 0.1) is 0 Å². The molecule has 1 N–H and O–H groups in total. The van der Waals surface area contributed by atoms with E-state index in [1.165, 1.54) is 12.1 Å². The van der Waals surface area contributed by atoms with E-state index < -0.39 is 18.5 Å². The van der Waals surface area contributed by atoms with Gasteiger partial charge in [-0.15, -0.1) is 0 Å². The molecule has 1 atom stereocenters. The van der Waals surface area contributed by atoms with Crippen molar-refractivity contribution in [3.63, 3.8) is 0 Å². The van der Waals surface area contributed by atoms with E-state index in [1.807, 2.05) is 19.1 Å². The SMILES string of the molecule is C[C@@H](NC(=O)COC(=O)c1ccc2c(=O)n3c(nc2c1)CCC3)c1ccc(Cl)cc1. The molecule has 0 bridgehead atoms. The molecule has 4 rings (SSSR count). The zero-order valence-electron chi connectivity index (χ0n) is 16.4. The van der Waals surface area contributed by atoms with E-state index in [9.17, 15) is 14.4 Å². The normalized spacial score (nSPS) is 13.7. The van der Waals surface area contributed by atoms with Crippen molar-refractivity contribution in [2.75, 3.05) is 6.61 Å². The molecule has 3 aromatic rings. The number of rotatable bonds is 5. The van der Waals surface area contributed by atoms with Crippen molar-refractivity contribution in [1.82, 2.24) is 14.9 Å². The summed E-state index contributed by atoms with van der Waals surface area (Å²) < 4.78 is 6.81. The fourth-order valence-corrected chi connectivity index (χ4v) is 3.67. The maximum absolute atomic E-state index is 12.5. The number of ether oxygens (including phenoxy) is 1. The van der Waals surface area contributed by atoms with Crippen LogP contribution >= 0.6 is 11.6 Å². The highest BCUT2D eigenvalue weighted by atomic mass is 35.5. The molecule has 0 spiro atoms. The molecule has 7 nitrogen and oxygen atoms in total. The minimum absolute atomic E-state index is 0.0945. The second-order valence-corrected chi connectivity index (χ2v) is 7.67. The number of esters is 1. The zero-order chi connectivity index (χ0) is 21.3. The number of aryl methyl sites for hydroxylation is 1. The fourth-order valence-electron chi connectivity index (χ4n) is 3.54. The Hall–Kier alpha value is -3.19. The zero-order valence-corrected chi connectivity index (χ0v) is 17.1. The van der Waals surface area contributed by atoms with Gasteiger partial charge in [0.2, 0.25) is 0 Å². The number of carbonyl (C=O) groups excluding carboxylic acids is 2. The Bertz CT molecular complexity index is 1190. The third-order valence-corrected chi connectivity index (χ3v) is 5.39. The molecule has 154 valence electrons. The lowest BCUT2D eigenvalue weighted by Gasteiger charge is -2.14. The van der Waals surface area contributed by atoms with Crippen molar-refractivity contribution in [3.8, 4) is 0 Å². The Morgan fingerprint density at radius 3 is 2.77 bits per heavy atom. The summed E-state index contributed by atoms with van der Waals surface area (Å²) in [5.41, 5.74) is 1.50. The van der Waals surface area contributed by atoms with Gasteiger partial charge in [-0.3, -0.25) is 14.2 Å². The van der Waals surface area contributed by atoms with E-state index >= 15 is 0 Å². The lowest BCUT2D eigenvalue weighted by Crippen LogP contribution is -2.31. The molecule has 0 fully saturated rings. The summed E-state index contributed by atoms with van der Waals surface area (Å²) in [7, 11) is 0. The molecule has 0 aliphatic carbocycles. The highest BCUT2D eigenvalue weighted by molar-refractivity contribution is 6.30. The van der Waals surface area contributed by atoms with Crippen LogP contribution < -0.4 is 10.9 Å². The summed E-state index contributed by atoms with van der Waals surface area (Å²) in [5.74, 6) is -0.331. The molecule has 1 aromatic heterocycles. The summed E-state index contributed by atoms with van der Waals surface area (Å²) in [6, 6.07) is 11.5. The van der Waals surface area contributed by atoms with Gasteiger partial charge >= 0.3 is 5.97 Å². The van der Waals surface area contributed by atoms with Crippen LogP contribution in [-0.4, -0.2) is 28.0 Å². The summed E-state index contributed by atoms with van der Waals surface area (Å²) in [5, 5.41) is 3.85. The maximum Gasteiger partial charge on any atom is 0.338 e. The molecule has 1 amide bonds. The summed E-state index contributed by atoms with van der Waals surface area (Å²) in [6.07, 6.45) is 1.63. The third kappa shape index (κ3) is 4.07. The average Bonchev–Trinajstić information content (AvgIpc) is 3.21. The van der Waals surface area contributed by atoms with Crippen molar-refractivity contribution in [2.24, 2.45) is 0 Å². The van der Waals surface area contributed by atoms with E-state index in [4.69, 9.17) is 16.3 Å². The first-order chi connectivity index (χ1) is 14.4. The molecular formula is C22H20ClN3O4. The first-order valence-corrected chi connectivity index (χ1v) is 10.1. The molecule has 1 aliphatic rings. The number of benzene rings is 2. The number of aromatic nitrogens is 2. The minimum Gasteiger partial charge on any atom is -0.452 e. The number of hydrogen-bond acceptors (Lipinski definition) is 5. The molecule has 2 aromatic carbocycles. The minimum atomic E-state index is -0.645. The molecule has 8 heteroatoms. The van der Waals surface area contributed by atoms with E-state index in [1.54, 1.807) is 22.8 Å². The van der Waals surface area contributed by atoms with Gasteiger partial charge in [0.15, 0.2) is 6.61 Å². The van der Waals surface area contributed by atoms with Crippen LogP contribution in [0.1, 0.15) is 41.1 Å². The van der Waals surface area contributed by atoms with E-state index in [-0.39, 0.29) is 17.2 Å². The average molecular weight is 426 g/mol. The van der Waals surface area contributed by atoms with Crippen LogP contribution in [0.25, 0.3) is 10.9 Å². The number of nitrogens with zero attached hydrogens (tertiary/aromatic N) is 2. The molecule has 0 saturated carbocycles. The monoisotopic (exact) mass is 425 g/mol.